The van der Waals surface area contributed by atoms with Crippen molar-refractivity contribution in [3.8, 4) is 0 Å². The maximum Gasteiger partial charge on any atom is 0.253 e. The minimum absolute atomic E-state index is 0.107. The Hall–Kier alpha value is -0.0901. The van der Waals surface area contributed by atoms with Crippen LogP contribution < -0.4 is 0 Å². The molecule has 2 nitrogen and oxygen atoms in total. The summed E-state index contributed by atoms with van der Waals surface area (Å²) >= 11 is 0. The lowest BCUT2D eigenvalue weighted by molar-refractivity contribution is -0.137. The Morgan fingerprint density at radius 2 is 1.86 bits per heavy atom. The Labute approximate surface area is 128 Å². The van der Waals surface area contributed by atoms with Gasteiger partial charge in [0, 0.05) is 37.6 Å². The van der Waals surface area contributed by atoms with Gasteiger partial charge in [-0.1, -0.05) is 13.3 Å². The molecule has 0 aromatic rings. The molecule has 2 saturated heterocycles. The van der Waals surface area contributed by atoms with Crippen molar-refractivity contribution in [3.63, 3.8) is 0 Å². The van der Waals surface area contributed by atoms with E-state index in [1.807, 2.05) is 0 Å². The van der Waals surface area contributed by atoms with E-state index in [9.17, 15) is 8.78 Å². The number of rotatable bonds is 3. The molecule has 0 aromatic heterocycles. The summed E-state index contributed by atoms with van der Waals surface area (Å²) in [6.45, 7) is 4.12. The number of alkyl halides is 2. The van der Waals surface area contributed by atoms with Crippen LogP contribution in [0.2, 0.25) is 0 Å². The molecule has 3 aliphatic rings. The van der Waals surface area contributed by atoms with Crippen molar-refractivity contribution in [2.24, 2.45) is 17.3 Å². The predicted octanol–water partition coefficient (Wildman–Crippen LogP) is 2.16. The van der Waals surface area contributed by atoms with Crippen LogP contribution in [-0.2, 0) is 4.74 Å². The van der Waals surface area contributed by atoms with Gasteiger partial charge in [-0.25, -0.2) is 8.78 Å². The summed E-state index contributed by atoms with van der Waals surface area (Å²) in [5.74, 6) is -3.42. The van der Waals surface area contributed by atoms with Crippen molar-refractivity contribution in [1.82, 2.24) is 4.90 Å². The molecule has 0 bridgehead atoms. The third-order valence-electron chi connectivity index (χ3n) is 6.07. The third-order valence-corrected chi connectivity index (χ3v) is 6.07. The molecule has 0 spiro atoms. The van der Waals surface area contributed by atoms with Gasteiger partial charge >= 0.3 is 0 Å². The molecule has 4 radical (unpaired) electrons. The average molecular weight is 293 g/mol. The van der Waals surface area contributed by atoms with Gasteiger partial charge in [-0.15, -0.1) is 0 Å². The maximum absolute atomic E-state index is 14.9. The lowest BCUT2D eigenvalue weighted by Gasteiger charge is -2.48. The molecule has 0 aromatic carbocycles. The van der Waals surface area contributed by atoms with Gasteiger partial charge in [-0.05, 0) is 37.0 Å². The minimum Gasteiger partial charge on any atom is -0.381 e. The highest BCUT2D eigenvalue weighted by Crippen LogP contribution is 2.52. The van der Waals surface area contributed by atoms with E-state index < -0.39 is 17.2 Å². The summed E-state index contributed by atoms with van der Waals surface area (Å²) in [5, 5.41) is -2.05. The first kappa shape index (κ1) is 15.8. The molecule has 2 unspecified atom stereocenters. The second-order valence-electron chi connectivity index (χ2n) is 7.46. The maximum atomic E-state index is 14.9. The summed E-state index contributed by atoms with van der Waals surface area (Å²) < 4.78 is 35.0. The summed E-state index contributed by atoms with van der Waals surface area (Å²) in [6.07, 6.45) is 4.04. The van der Waals surface area contributed by atoms with Crippen LogP contribution in [0.4, 0.5) is 8.78 Å². The monoisotopic (exact) mass is 293 g/mol. The van der Waals surface area contributed by atoms with E-state index >= 15 is 0 Å². The first-order valence-electron chi connectivity index (χ1n) is 8.06. The number of fused-ring (bicyclic) bond motifs is 1. The lowest BCUT2D eigenvalue weighted by atomic mass is 9.54. The molecule has 3 fully saturated rings. The van der Waals surface area contributed by atoms with Gasteiger partial charge in [0.25, 0.3) is 5.92 Å². The number of hydrogen-bond acceptors (Lipinski definition) is 2. The van der Waals surface area contributed by atoms with Gasteiger partial charge in [0.1, 0.15) is 0 Å². The van der Waals surface area contributed by atoms with Crippen LogP contribution in [0.15, 0.2) is 0 Å². The molecule has 3 rings (SSSR count). The van der Waals surface area contributed by atoms with E-state index in [0.717, 1.165) is 12.8 Å². The molecule has 0 amide bonds. The topological polar surface area (TPSA) is 12.5 Å². The number of ether oxygens (including phenoxy) is 1. The summed E-state index contributed by atoms with van der Waals surface area (Å²) in [7, 11) is 12.0. The van der Waals surface area contributed by atoms with Crippen molar-refractivity contribution in [2.75, 3.05) is 26.3 Å². The molecular weight excluding hydrogens is 270 g/mol. The number of hydrogen-bond donors (Lipinski definition) is 0. The fourth-order valence-electron chi connectivity index (χ4n) is 4.47. The van der Waals surface area contributed by atoms with Crippen molar-refractivity contribution in [2.45, 2.75) is 50.3 Å². The highest BCUT2D eigenvalue weighted by atomic mass is 19.3. The van der Waals surface area contributed by atoms with Crippen LogP contribution in [0, 0.1) is 17.3 Å². The fraction of sp³-hybridized carbons (Fsp3) is 1.00. The van der Waals surface area contributed by atoms with Crippen LogP contribution in [0.3, 0.4) is 0 Å². The third kappa shape index (κ3) is 2.46. The molecule has 0 N–H and O–H groups in total. The Balaban J connectivity index is 1.76. The van der Waals surface area contributed by atoms with E-state index in [-0.39, 0.29) is 5.41 Å². The molecule has 2 aliphatic heterocycles. The van der Waals surface area contributed by atoms with Gasteiger partial charge in [-0.2, -0.15) is 0 Å². The van der Waals surface area contributed by atoms with E-state index in [2.05, 4.69) is 6.92 Å². The molecule has 2 atom stereocenters. The van der Waals surface area contributed by atoms with Gasteiger partial charge in [-0.3, -0.25) is 0 Å². The quantitative estimate of drug-likeness (QED) is 0.739. The highest BCUT2D eigenvalue weighted by Gasteiger charge is 2.58. The van der Waals surface area contributed by atoms with Crippen LogP contribution in [0.25, 0.3) is 0 Å². The van der Waals surface area contributed by atoms with Crippen molar-refractivity contribution >= 4 is 15.7 Å². The van der Waals surface area contributed by atoms with Crippen molar-refractivity contribution in [3.05, 3.63) is 0 Å². The van der Waals surface area contributed by atoms with Gasteiger partial charge in [0.05, 0.1) is 15.7 Å². The second-order valence-corrected chi connectivity index (χ2v) is 7.46. The number of likely N-dealkylation sites (tertiary alicyclic amines) is 1. The first-order valence-corrected chi connectivity index (χ1v) is 8.06. The zero-order valence-electron chi connectivity index (χ0n) is 12.8. The smallest absolute Gasteiger partial charge is 0.253 e. The first-order chi connectivity index (χ1) is 9.77. The standard InChI is InChI=1S/C15H23B2F2NO/c1-13-6-2-3-12(13)9-20(10-13)15(16,17)14(18,19)11-4-7-21-8-5-11/h11-12H,2-10H2,1H3. The van der Waals surface area contributed by atoms with E-state index in [1.54, 1.807) is 4.90 Å². The summed E-state index contributed by atoms with van der Waals surface area (Å²) in [5.41, 5.74) is 0.107. The zero-order valence-corrected chi connectivity index (χ0v) is 12.8. The van der Waals surface area contributed by atoms with Crippen LogP contribution in [0.1, 0.15) is 39.0 Å². The lowest BCUT2D eigenvalue weighted by Crippen LogP contribution is -2.64. The average Bonchev–Trinajstić information content (AvgIpc) is 2.94. The SMILES string of the molecule is [B]C([B])(N1CC2CCCC2(C)C1)C(F)(F)C1CCOCC1. The Morgan fingerprint density at radius 1 is 1.19 bits per heavy atom. The van der Waals surface area contributed by atoms with Gasteiger partial charge in [0.15, 0.2) is 0 Å². The van der Waals surface area contributed by atoms with Gasteiger partial charge in [0.2, 0.25) is 0 Å². The molecule has 21 heavy (non-hydrogen) atoms. The van der Waals surface area contributed by atoms with Crippen LogP contribution in [-0.4, -0.2) is 58.2 Å². The minimum atomic E-state index is -3.09. The predicted molar refractivity (Wildman–Crippen MR) is 79.8 cm³/mol. The second kappa shape index (κ2) is 5.23. The Bertz CT molecular complexity index is 401. The highest BCUT2D eigenvalue weighted by molar-refractivity contribution is 6.40. The Morgan fingerprint density at radius 3 is 2.48 bits per heavy atom. The molecule has 6 heteroatoms. The van der Waals surface area contributed by atoms with Crippen molar-refractivity contribution in [1.29, 1.82) is 0 Å². The largest absolute Gasteiger partial charge is 0.381 e. The molecule has 1 aliphatic carbocycles. The molecule has 114 valence electrons. The Kier molecular flexibility index (Phi) is 3.93. The van der Waals surface area contributed by atoms with Crippen molar-refractivity contribution < 1.29 is 13.5 Å². The van der Waals surface area contributed by atoms with E-state index in [0.29, 0.717) is 45.1 Å². The normalized spacial score (nSPS) is 36.0. The van der Waals surface area contributed by atoms with Gasteiger partial charge < -0.3 is 9.64 Å². The fourth-order valence-corrected chi connectivity index (χ4v) is 4.47. The molecule has 1 saturated carbocycles. The summed E-state index contributed by atoms with van der Waals surface area (Å²) in [4.78, 5) is 1.65. The van der Waals surface area contributed by atoms with Crippen LogP contribution in [0.5, 0.6) is 0 Å². The van der Waals surface area contributed by atoms with E-state index in [1.165, 1.54) is 6.42 Å². The summed E-state index contributed by atoms with van der Waals surface area (Å²) in [6, 6.07) is 0. The molecule has 2 heterocycles. The van der Waals surface area contributed by atoms with Crippen LogP contribution >= 0.6 is 0 Å². The molecular formula is C15H23B2F2NO. The number of nitrogens with zero attached hydrogens (tertiary/aromatic N) is 1. The number of halogens is 2. The van der Waals surface area contributed by atoms with E-state index in [4.69, 9.17) is 20.4 Å². The zero-order chi connectivity index (χ0) is 15.3.